The van der Waals surface area contributed by atoms with Gasteiger partial charge in [-0.25, -0.2) is 0 Å². The fraction of sp³-hybridized carbons (Fsp3) is 0.235. The molecular formula is C17H18BrNO2. The van der Waals surface area contributed by atoms with E-state index in [-0.39, 0.29) is 5.91 Å². The number of halogens is 1. The van der Waals surface area contributed by atoms with Crippen molar-refractivity contribution in [2.24, 2.45) is 0 Å². The van der Waals surface area contributed by atoms with Crippen molar-refractivity contribution in [2.75, 3.05) is 14.1 Å². The molecule has 0 unspecified atom stereocenters. The highest BCUT2D eigenvalue weighted by Gasteiger charge is 2.16. The van der Waals surface area contributed by atoms with Gasteiger partial charge in [0.05, 0.1) is 0 Å². The van der Waals surface area contributed by atoms with Crippen LogP contribution in [-0.2, 0) is 4.79 Å². The molecule has 0 aliphatic carbocycles. The van der Waals surface area contributed by atoms with Crippen molar-refractivity contribution in [3.8, 4) is 16.9 Å². The van der Waals surface area contributed by atoms with Crippen LogP contribution in [0, 0.1) is 0 Å². The Kier molecular flexibility index (Phi) is 5.02. The number of amides is 1. The highest BCUT2D eigenvalue weighted by molar-refractivity contribution is 9.10. The summed E-state index contributed by atoms with van der Waals surface area (Å²) in [7, 11) is 3.44. The highest BCUT2D eigenvalue weighted by atomic mass is 79.9. The molecule has 1 atom stereocenters. The van der Waals surface area contributed by atoms with Gasteiger partial charge in [0.25, 0.3) is 5.91 Å². The Morgan fingerprint density at radius 1 is 1.00 bits per heavy atom. The number of likely N-dealkylation sites (N-methyl/N-ethyl adjacent to an activating group) is 1. The zero-order valence-electron chi connectivity index (χ0n) is 12.3. The maximum Gasteiger partial charge on any atom is 0.262 e. The Hall–Kier alpha value is -1.81. The van der Waals surface area contributed by atoms with Gasteiger partial charge in [-0.15, -0.1) is 0 Å². The molecule has 0 aliphatic rings. The van der Waals surface area contributed by atoms with Gasteiger partial charge in [0.2, 0.25) is 0 Å². The largest absolute Gasteiger partial charge is 0.481 e. The van der Waals surface area contributed by atoms with Crippen LogP contribution in [0.2, 0.25) is 0 Å². The minimum absolute atomic E-state index is 0.0491. The van der Waals surface area contributed by atoms with Crippen LogP contribution in [-0.4, -0.2) is 31.0 Å². The van der Waals surface area contributed by atoms with E-state index in [9.17, 15) is 4.79 Å². The van der Waals surface area contributed by atoms with E-state index in [2.05, 4.69) is 28.1 Å². The summed E-state index contributed by atoms with van der Waals surface area (Å²) in [5.74, 6) is 0.644. The van der Waals surface area contributed by atoms with Crippen molar-refractivity contribution in [2.45, 2.75) is 13.0 Å². The highest BCUT2D eigenvalue weighted by Crippen LogP contribution is 2.24. The van der Waals surface area contributed by atoms with E-state index in [0.29, 0.717) is 5.75 Å². The van der Waals surface area contributed by atoms with Crippen molar-refractivity contribution < 1.29 is 9.53 Å². The maximum absolute atomic E-state index is 11.8. The van der Waals surface area contributed by atoms with Crippen LogP contribution in [0.1, 0.15) is 6.92 Å². The zero-order chi connectivity index (χ0) is 15.4. The lowest BCUT2D eigenvalue weighted by Crippen LogP contribution is -2.35. The summed E-state index contributed by atoms with van der Waals surface area (Å²) in [4.78, 5) is 13.3. The second-order valence-electron chi connectivity index (χ2n) is 5.02. The van der Waals surface area contributed by atoms with E-state index in [1.54, 1.807) is 21.0 Å². The molecule has 0 aliphatic heterocycles. The molecule has 0 saturated heterocycles. The Bertz CT molecular complexity index is 606. The number of hydrogen-bond donors (Lipinski definition) is 0. The van der Waals surface area contributed by atoms with Gasteiger partial charge in [0.1, 0.15) is 5.75 Å². The first-order valence-electron chi connectivity index (χ1n) is 6.71. The van der Waals surface area contributed by atoms with Crippen molar-refractivity contribution in [1.82, 2.24) is 4.90 Å². The topological polar surface area (TPSA) is 29.5 Å². The van der Waals surface area contributed by atoms with Gasteiger partial charge in [-0.05, 0) is 42.3 Å². The summed E-state index contributed by atoms with van der Waals surface area (Å²) in [6, 6.07) is 15.9. The third-order valence-electron chi connectivity index (χ3n) is 3.13. The summed E-state index contributed by atoms with van der Waals surface area (Å²) in [6.07, 6.45) is -0.487. The molecule has 2 aromatic rings. The summed E-state index contributed by atoms with van der Waals surface area (Å²) < 4.78 is 6.71. The van der Waals surface area contributed by atoms with Crippen molar-refractivity contribution in [3.63, 3.8) is 0 Å². The monoisotopic (exact) mass is 347 g/mol. The number of benzene rings is 2. The molecule has 2 aromatic carbocycles. The van der Waals surface area contributed by atoms with Crippen LogP contribution >= 0.6 is 15.9 Å². The van der Waals surface area contributed by atoms with E-state index >= 15 is 0 Å². The molecule has 110 valence electrons. The molecule has 21 heavy (non-hydrogen) atoms. The molecule has 0 heterocycles. The molecule has 1 amide bonds. The lowest BCUT2D eigenvalue weighted by atomic mass is 10.1. The number of carbonyl (C=O) groups excluding carboxylic acids is 1. The first-order chi connectivity index (χ1) is 9.97. The van der Waals surface area contributed by atoms with Gasteiger partial charge < -0.3 is 9.64 Å². The molecule has 0 fully saturated rings. The summed E-state index contributed by atoms with van der Waals surface area (Å²) >= 11 is 3.43. The molecule has 0 saturated carbocycles. The number of rotatable bonds is 4. The van der Waals surface area contributed by atoms with Crippen LogP contribution in [0.5, 0.6) is 5.75 Å². The smallest absolute Gasteiger partial charge is 0.262 e. The molecule has 0 aromatic heterocycles. The predicted octanol–water partition coefficient (Wildman–Crippen LogP) is 3.97. The molecule has 0 N–H and O–H groups in total. The summed E-state index contributed by atoms with van der Waals surface area (Å²) in [6.45, 7) is 1.75. The lowest BCUT2D eigenvalue weighted by Gasteiger charge is -2.18. The quantitative estimate of drug-likeness (QED) is 0.837. The fourth-order valence-corrected chi connectivity index (χ4v) is 2.25. The Labute approximate surface area is 133 Å². The number of hydrogen-bond acceptors (Lipinski definition) is 2. The van der Waals surface area contributed by atoms with E-state index in [0.717, 1.165) is 15.6 Å². The first-order valence-corrected chi connectivity index (χ1v) is 7.50. The molecule has 0 bridgehead atoms. The Balaban J connectivity index is 2.09. The molecule has 3 nitrogen and oxygen atoms in total. The predicted molar refractivity (Wildman–Crippen MR) is 88.4 cm³/mol. The van der Waals surface area contributed by atoms with Gasteiger partial charge in [0, 0.05) is 18.6 Å². The van der Waals surface area contributed by atoms with Crippen LogP contribution < -0.4 is 4.74 Å². The molecule has 0 spiro atoms. The van der Waals surface area contributed by atoms with Crippen molar-refractivity contribution in [1.29, 1.82) is 0 Å². The van der Waals surface area contributed by atoms with E-state index in [1.165, 1.54) is 4.90 Å². The first kappa shape index (κ1) is 15.6. The maximum atomic E-state index is 11.8. The molecular weight excluding hydrogens is 330 g/mol. The second-order valence-corrected chi connectivity index (χ2v) is 5.94. The minimum Gasteiger partial charge on any atom is -0.481 e. The van der Waals surface area contributed by atoms with Crippen LogP contribution in [0.15, 0.2) is 53.0 Å². The lowest BCUT2D eigenvalue weighted by molar-refractivity contribution is -0.135. The van der Waals surface area contributed by atoms with E-state index in [4.69, 9.17) is 4.74 Å². The third kappa shape index (κ3) is 4.08. The second kappa shape index (κ2) is 6.76. The molecule has 0 radical (unpaired) electrons. The summed E-state index contributed by atoms with van der Waals surface area (Å²) in [5, 5.41) is 0. The standard InChI is InChI=1S/C17H18BrNO2/c1-12(17(20)19(2)3)21-16-10-6-14(7-11-16)13-4-8-15(18)9-5-13/h4-12H,1-3H3/t12-/m0/s1. The van der Waals surface area contributed by atoms with E-state index < -0.39 is 6.10 Å². The average Bonchev–Trinajstić information content (AvgIpc) is 2.48. The SMILES string of the molecule is C[C@H](Oc1ccc(-c2ccc(Br)cc2)cc1)C(=O)N(C)C. The average molecular weight is 348 g/mol. The molecule has 4 heteroatoms. The van der Waals surface area contributed by atoms with Crippen molar-refractivity contribution in [3.05, 3.63) is 53.0 Å². The van der Waals surface area contributed by atoms with Crippen LogP contribution in [0.25, 0.3) is 11.1 Å². The fourth-order valence-electron chi connectivity index (χ4n) is 1.99. The van der Waals surface area contributed by atoms with Crippen LogP contribution in [0.4, 0.5) is 0 Å². The minimum atomic E-state index is -0.487. The Morgan fingerprint density at radius 3 is 1.95 bits per heavy atom. The number of ether oxygens (including phenoxy) is 1. The van der Waals surface area contributed by atoms with Gasteiger partial charge in [-0.1, -0.05) is 40.2 Å². The summed E-state index contributed by atoms with van der Waals surface area (Å²) in [5.41, 5.74) is 2.25. The zero-order valence-corrected chi connectivity index (χ0v) is 13.9. The van der Waals surface area contributed by atoms with E-state index in [1.807, 2.05) is 36.4 Å². The number of nitrogens with zero attached hydrogens (tertiary/aromatic N) is 1. The molecule has 2 rings (SSSR count). The van der Waals surface area contributed by atoms with Gasteiger partial charge in [-0.2, -0.15) is 0 Å². The van der Waals surface area contributed by atoms with Gasteiger partial charge in [0.15, 0.2) is 6.10 Å². The Morgan fingerprint density at radius 2 is 1.48 bits per heavy atom. The normalized spacial score (nSPS) is 11.8. The van der Waals surface area contributed by atoms with Gasteiger partial charge >= 0.3 is 0 Å². The van der Waals surface area contributed by atoms with Crippen LogP contribution in [0.3, 0.4) is 0 Å². The third-order valence-corrected chi connectivity index (χ3v) is 3.66. The van der Waals surface area contributed by atoms with Gasteiger partial charge in [-0.3, -0.25) is 4.79 Å². The number of carbonyl (C=O) groups is 1. The van der Waals surface area contributed by atoms with Crippen molar-refractivity contribution >= 4 is 21.8 Å².